The van der Waals surface area contributed by atoms with Gasteiger partial charge in [-0.05, 0) is 23.3 Å². The first kappa shape index (κ1) is 19.4. The number of carbonyl (C=O) groups excluding carboxylic acids is 1. The molecular weight excluding hydrogens is 424 g/mol. The van der Waals surface area contributed by atoms with Crippen LogP contribution in [0, 0.1) is 0 Å². The van der Waals surface area contributed by atoms with E-state index in [1.54, 1.807) is 0 Å². The van der Waals surface area contributed by atoms with E-state index in [1.807, 2.05) is 53.4 Å². The zero-order valence-corrected chi connectivity index (χ0v) is 17.7. The molecule has 2 saturated heterocycles. The van der Waals surface area contributed by atoms with E-state index in [-0.39, 0.29) is 41.9 Å². The predicted molar refractivity (Wildman–Crippen MR) is 115 cm³/mol. The van der Waals surface area contributed by atoms with Gasteiger partial charge >= 0.3 is 0 Å². The minimum absolute atomic E-state index is 0.0844. The van der Waals surface area contributed by atoms with Crippen molar-refractivity contribution in [3.8, 4) is 11.5 Å². The van der Waals surface area contributed by atoms with Crippen LogP contribution in [0.1, 0.15) is 11.1 Å². The van der Waals surface area contributed by atoms with Crippen molar-refractivity contribution in [2.45, 2.75) is 24.3 Å². The summed E-state index contributed by atoms with van der Waals surface area (Å²) in [6.45, 7) is 0.653. The Hall–Kier alpha value is -2.52. The zero-order valence-electron chi connectivity index (χ0n) is 16.1. The van der Waals surface area contributed by atoms with Crippen molar-refractivity contribution in [1.82, 2.24) is 4.90 Å². The first-order valence-corrected chi connectivity index (χ1v) is 12.3. The van der Waals surface area contributed by atoms with Crippen LogP contribution in [0.25, 0.3) is 0 Å². The number of sulfone groups is 1. The molecular formula is C21H20N2O5S2. The molecule has 3 heterocycles. The molecule has 1 amide bonds. The Morgan fingerprint density at radius 1 is 1.07 bits per heavy atom. The molecule has 0 bridgehead atoms. The fraction of sp³-hybridized carbons (Fsp3) is 0.333. The van der Waals surface area contributed by atoms with Crippen LogP contribution in [0.2, 0.25) is 0 Å². The lowest BCUT2D eigenvalue weighted by molar-refractivity contribution is -0.117. The molecule has 3 aliphatic rings. The lowest BCUT2D eigenvalue weighted by Crippen LogP contribution is -2.37. The number of ether oxygens (including phenoxy) is 2. The van der Waals surface area contributed by atoms with Gasteiger partial charge in [0.05, 0.1) is 24.0 Å². The van der Waals surface area contributed by atoms with Crippen LogP contribution in [0.5, 0.6) is 11.5 Å². The van der Waals surface area contributed by atoms with Gasteiger partial charge in [0.25, 0.3) is 5.91 Å². The molecule has 7 nitrogen and oxygen atoms in total. The van der Waals surface area contributed by atoms with Gasteiger partial charge in [-0.2, -0.15) is 4.99 Å². The first-order valence-electron chi connectivity index (χ1n) is 9.64. The number of thioether (sulfide) groups is 1. The van der Waals surface area contributed by atoms with Gasteiger partial charge in [0, 0.05) is 11.8 Å². The normalized spacial score (nSPS) is 24.9. The Bertz CT molecular complexity index is 1120. The van der Waals surface area contributed by atoms with Gasteiger partial charge < -0.3 is 14.4 Å². The minimum Gasteiger partial charge on any atom is -0.454 e. The maximum atomic E-state index is 12.6. The number of nitrogens with zero attached hydrogens (tertiary/aromatic N) is 2. The standard InChI is InChI=1S/C21H20N2O5S2/c24-20(9-14-4-2-1-3-5-14)22-21-23(16-11-30(25,26)12-19(16)29-21)10-15-6-7-17-18(8-15)28-13-27-17/h1-8,16,19H,9-13H2/t16-,19+/m0/s1. The summed E-state index contributed by atoms with van der Waals surface area (Å²) in [4.78, 5) is 18.9. The Morgan fingerprint density at radius 3 is 2.70 bits per heavy atom. The van der Waals surface area contributed by atoms with Gasteiger partial charge in [-0.3, -0.25) is 4.79 Å². The molecule has 9 heteroatoms. The molecule has 0 unspecified atom stereocenters. The average Bonchev–Trinajstić information content (AvgIpc) is 3.36. The highest BCUT2D eigenvalue weighted by molar-refractivity contribution is 8.15. The lowest BCUT2D eigenvalue weighted by Gasteiger charge is -2.24. The molecule has 156 valence electrons. The van der Waals surface area contributed by atoms with Gasteiger partial charge in [0.2, 0.25) is 6.79 Å². The lowest BCUT2D eigenvalue weighted by atomic mass is 10.1. The number of rotatable bonds is 4. The zero-order chi connectivity index (χ0) is 20.7. The molecule has 2 fully saturated rings. The topological polar surface area (TPSA) is 85.3 Å². The number of hydrogen-bond donors (Lipinski definition) is 0. The number of aliphatic imine (C=N–C) groups is 1. The van der Waals surface area contributed by atoms with Crippen molar-refractivity contribution in [3.63, 3.8) is 0 Å². The smallest absolute Gasteiger partial charge is 0.252 e. The number of fused-ring (bicyclic) bond motifs is 2. The van der Waals surface area contributed by atoms with Gasteiger partial charge in [0.1, 0.15) is 0 Å². The Kier molecular flexibility index (Phi) is 4.94. The van der Waals surface area contributed by atoms with Crippen LogP contribution in [0.3, 0.4) is 0 Å². The molecule has 0 N–H and O–H groups in total. The summed E-state index contributed by atoms with van der Waals surface area (Å²) < 4.78 is 35.2. The van der Waals surface area contributed by atoms with Crippen LogP contribution in [0.15, 0.2) is 53.5 Å². The molecule has 0 spiro atoms. The highest BCUT2D eigenvalue weighted by atomic mass is 32.2. The number of hydrogen-bond acceptors (Lipinski definition) is 6. The summed E-state index contributed by atoms with van der Waals surface area (Å²) >= 11 is 1.40. The van der Waals surface area contributed by atoms with Crippen LogP contribution in [-0.4, -0.2) is 54.0 Å². The van der Waals surface area contributed by atoms with E-state index in [2.05, 4.69) is 4.99 Å². The largest absolute Gasteiger partial charge is 0.454 e. The van der Waals surface area contributed by atoms with E-state index in [4.69, 9.17) is 9.47 Å². The molecule has 2 aromatic carbocycles. The third kappa shape index (κ3) is 3.91. The number of carbonyl (C=O) groups is 1. The Labute approximate surface area is 179 Å². The summed E-state index contributed by atoms with van der Waals surface area (Å²) in [7, 11) is -3.09. The summed E-state index contributed by atoms with van der Waals surface area (Å²) in [5, 5.41) is 0.491. The fourth-order valence-electron chi connectivity index (χ4n) is 3.97. The van der Waals surface area contributed by atoms with E-state index in [1.165, 1.54) is 11.8 Å². The van der Waals surface area contributed by atoms with Gasteiger partial charge in [-0.1, -0.05) is 48.2 Å². The first-order chi connectivity index (χ1) is 14.5. The molecule has 5 rings (SSSR count). The molecule has 30 heavy (non-hydrogen) atoms. The van der Waals surface area contributed by atoms with Crippen molar-refractivity contribution in [3.05, 3.63) is 59.7 Å². The van der Waals surface area contributed by atoms with Crippen molar-refractivity contribution >= 4 is 32.7 Å². The van der Waals surface area contributed by atoms with Gasteiger partial charge in [0.15, 0.2) is 26.5 Å². The van der Waals surface area contributed by atoms with E-state index in [9.17, 15) is 13.2 Å². The maximum Gasteiger partial charge on any atom is 0.252 e. The molecule has 3 aliphatic heterocycles. The van der Waals surface area contributed by atoms with Crippen molar-refractivity contribution in [2.75, 3.05) is 18.3 Å². The van der Waals surface area contributed by atoms with Crippen molar-refractivity contribution in [2.24, 2.45) is 4.99 Å². The van der Waals surface area contributed by atoms with E-state index < -0.39 is 9.84 Å². The molecule has 2 atom stereocenters. The third-order valence-corrected chi connectivity index (χ3v) is 8.63. The molecule has 0 aromatic heterocycles. The van der Waals surface area contributed by atoms with Crippen LogP contribution in [0.4, 0.5) is 0 Å². The number of amides is 1. The summed E-state index contributed by atoms with van der Waals surface area (Å²) in [5.74, 6) is 1.34. The number of benzene rings is 2. The third-order valence-electron chi connectivity index (χ3n) is 5.38. The van der Waals surface area contributed by atoms with Crippen molar-refractivity contribution < 1.29 is 22.7 Å². The fourth-order valence-corrected chi connectivity index (χ4v) is 7.94. The van der Waals surface area contributed by atoms with Crippen molar-refractivity contribution in [1.29, 1.82) is 0 Å². The van der Waals surface area contributed by atoms with Crippen LogP contribution < -0.4 is 9.47 Å². The second-order valence-electron chi connectivity index (χ2n) is 7.57. The van der Waals surface area contributed by atoms with Gasteiger partial charge in [-0.25, -0.2) is 8.42 Å². The van der Waals surface area contributed by atoms with Gasteiger partial charge in [-0.15, -0.1) is 0 Å². The SMILES string of the molecule is O=C(Cc1ccccc1)N=C1S[C@@H]2CS(=O)(=O)C[C@@H]2N1Cc1ccc2c(c1)OCO2. The summed E-state index contributed by atoms with van der Waals surface area (Å²) in [5.41, 5.74) is 1.85. The summed E-state index contributed by atoms with van der Waals surface area (Å²) in [6, 6.07) is 15.0. The molecule has 0 aliphatic carbocycles. The quantitative estimate of drug-likeness (QED) is 0.715. The molecule has 0 saturated carbocycles. The number of amidine groups is 1. The second-order valence-corrected chi connectivity index (χ2v) is 10.9. The highest BCUT2D eigenvalue weighted by Gasteiger charge is 2.48. The predicted octanol–water partition coefficient (Wildman–Crippen LogP) is 2.25. The van der Waals surface area contributed by atoms with E-state index >= 15 is 0 Å². The van der Waals surface area contributed by atoms with Crippen LogP contribution in [-0.2, 0) is 27.6 Å². The average molecular weight is 445 g/mol. The Morgan fingerprint density at radius 2 is 1.87 bits per heavy atom. The minimum atomic E-state index is -3.09. The highest BCUT2D eigenvalue weighted by Crippen LogP contribution is 2.40. The Balaban J connectivity index is 1.40. The van der Waals surface area contributed by atoms with E-state index in [0.29, 0.717) is 23.2 Å². The van der Waals surface area contributed by atoms with Crippen LogP contribution >= 0.6 is 11.8 Å². The maximum absolute atomic E-state index is 12.6. The molecule has 2 aromatic rings. The second kappa shape index (κ2) is 7.63. The summed E-state index contributed by atoms with van der Waals surface area (Å²) in [6.07, 6.45) is 0.219. The van der Waals surface area contributed by atoms with E-state index in [0.717, 1.165) is 11.1 Å². The molecule has 0 radical (unpaired) electrons. The monoisotopic (exact) mass is 444 g/mol.